The summed E-state index contributed by atoms with van der Waals surface area (Å²) < 4.78 is 5.51. The maximum atomic E-state index is 6.16. The Hall–Kier alpha value is -2.31. The highest BCUT2D eigenvalue weighted by Crippen LogP contribution is 2.27. The van der Waals surface area contributed by atoms with Crippen molar-refractivity contribution in [2.75, 3.05) is 24.7 Å². The molecule has 0 bridgehead atoms. The van der Waals surface area contributed by atoms with Gasteiger partial charge in [-0.25, -0.2) is 9.97 Å². The number of hydrogen-bond donors (Lipinski definition) is 0. The summed E-state index contributed by atoms with van der Waals surface area (Å²) >= 11 is 6.16. The molecule has 0 saturated carbocycles. The van der Waals surface area contributed by atoms with Gasteiger partial charge in [-0.3, -0.25) is 0 Å². The van der Waals surface area contributed by atoms with Crippen LogP contribution < -0.4 is 4.90 Å². The number of hydrogen-bond acceptors (Lipinski definition) is 6. The van der Waals surface area contributed by atoms with Crippen LogP contribution in [0.3, 0.4) is 0 Å². The van der Waals surface area contributed by atoms with Crippen molar-refractivity contribution in [3.05, 3.63) is 41.3 Å². The van der Waals surface area contributed by atoms with E-state index in [1.165, 1.54) is 5.56 Å². The van der Waals surface area contributed by atoms with Gasteiger partial charge in [-0.05, 0) is 25.4 Å². The van der Waals surface area contributed by atoms with E-state index in [-0.39, 0.29) is 11.3 Å². The molecule has 1 fully saturated rings. The summed E-state index contributed by atoms with van der Waals surface area (Å²) in [5.74, 6) is 0.716. The molecule has 2 aromatic heterocycles. The third-order valence-electron chi connectivity index (χ3n) is 4.35. The lowest BCUT2D eigenvalue weighted by molar-refractivity contribution is 0.0986. The number of fused-ring (bicyclic) bond motifs is 1. The average Bonchev–Trinajstić information content (AvgIpc) is 2.61. The first-order valence-electron chi connectivity index (χ1n) is 8.23. The Kier molecular flexibility index (Phi) is 4.23. The number of aryl methyl sites for hydroxylation is 1. The molecule has 128 valence electrons. The Morgan fingerprint density at radius 2 is 1.96 bits per heavy atom. The molecule has 0 amide bonds. The van der Waals surface area contributed by atoms with Gasteiger partial charge in [0.25, 0.3) is 0 Å². The number of aromatic nitrogens is 4. The Bertz CT molecular complexity index is 915. The Balaban J connectivity index is 1.82. The van der Waals surface area contributed by atoms with Gasteiger partial charge in [0.1, 0.15) is 0 Å². The lowest BCUT2D eigenvalue weighted by atomic mass is 10.1. The molecule has 1 atom stereocenters. The molecule has 1 aliphatic heterocycles. The van der Waals surface area contributed by atoms with E-state index in [0.717, 1.165) is 17.8 Å². The minimum atomic E-state index is 0.177. The molecule has 25 heavy (non-hydrogen) atoms. The molecule has 0 unspecified atom stereocenters. The van der Waals surface area contributed by atoms with E-state index in [2.05, 4.69) is 50.8 Å². The summed E-state index contributed by atoms with van der Waals surface area (Å²) in [6, 6.07) is 8.35. The fourth-order valence-electron chi connectivity index (χ4n) is 2.97. The van der Waals surface area contributed by atoms with Gasteiger partial charge in [0.15, 0.2) is 17.0 Å². The molecule has 3 aromatic rings. The summed E-state index contributed by atoms with van der Waals surface area (Å²) in [7, 11) is 0. The standard InChI is InChI=1S/C18H18ClN5O/c1-11-3-5-13(6-4-11)14-9-20-15-16(21-14)22-18(19)23-17(15)24-7-8-25-10-12(24)2/h3-6,9,12H,7-8,10H2,1-2H3/t12-/m0/s1. The second kappa shape index (κ2) is 6.54. The molecule has 1 saturated heterocycles. The van der Waals surface area contributed by atoms with Gasteiger partial charge < -0.3 is 9.64 Å². The van der Waals surface area contributed by atoms with Gasteiger partial charge in [0.05, 0.1) is 31.1 Å². The van der Waals surface area contributed by atoms with E-state index in [1.807, 2.05) is 12.1 Å². The van der Waals surface area contributed by atoms with Gasteiger partial charge >= 0.3 is 0 Å². The molecule has 3 heterocycles. The van der Waals surface area contributed by atoms with Gasteiger partial charge in [-0.2, -0.15) is 9.97 Å². The van der Waals surface area contributed by atoms with Crippen molar-refractivity contribution in [2.24, 2.45) is 0 Å². The Morgan fingerprint density at radius 1 is 1.16 bits per heavy atom. The van der Waals surface area contributed by atoms with Crippen LogP contribution in [0.5, 0.6) is 0 Å². The number of halogens is 1. The monoisotopic (exact) mass is 355 g/mol. The molecular formula is C18H18ClN5O. The maximum absolute atomic E-state index is 6.16. The summed E-state index contributed by atoms with van der Waals surface area (Å²) in [4.78, 5) is 20.1. The first-order chi connectivity index (χ1) is 12.1. The third-order valence-corrected chi connectivity index (χ3v) is 4.52. The van der Waals surface area contributed by atoms with Crippen LogP contribution in [0.1, 0.15) is 12.5 Å². The van der Waals surface area contributed by atoms with E-state index >= 15 is 0 Å². The largest absolute Gasteiger partial charge is 0.377 e. The second-order valence-corrected chi connectivity index (χ2v) is 6.57. The predicted molar refractivity (Wildman–Crippen MR) is 97.9 cm³/mol. The highest BCUT2D eigenvalue weighted by molar-refractivity contribution is 6.28. The highest BCUT2D eigenvalue weighted by Gasteiger charge is 2.24. The second-order valence-electron chi connectivity index (χ2n) is 6.23. The quantitative estimate of drug-likeness (QED) is 0.657. The molecule has 1 aromatic carbocycles. The number of rotatable bonds is 2. The number of anilines is 1. The number of nitrogens with zero attached hydrogens (tertiary/aromatic N) is 5. The van der Waals surface area contributed by atoms with Crippen LogP contribution >= 0.6 is 11.6 Å². The topological polar surface area (TPSA) is 64.0 Å². The molecule has 7 heteroatoms. The Morgan fingerprint density at radius 3 is 2.72 bits per heavy atom. The zero-order valence-corrected chi connectivity index (χ0v) is 14.9. The number of benzene rings is 1. The van der Waals surface area contributed by atoms with E-state index in [9.17, 15) is 0 Å². The van der Waals surface area contributed by atoms with Crippen LogP contribution in [0.2, 0.25) is 5.28 Å². The normalized spacial score (nSPS) is 17.9. The van der Waals surface area contributed by atoms with Crippen molar-refractivity contribution in [2.45, 2.75) is 19.9 Å². The van der Waals surface area contributed by atoms with Crippen LogP contribution in [-0.4, -0.2) is 45.7 Å². The molecular weight excluding hydrogens is 338 g/mol. The van der Waals surface area contributed by atoms with Crippen molar-refractivity contribution in [3.8, 4) is 11.3 Å². The summed E-state index contributed by atoms with van der Waals surface area (Å²) in [6.45, 7) is 6.19. The molecule has 0 spiro atoms. The first kappa shape index (κ1) is 16.2. The SMILES string of the molecule is Cc1ccc(-c2cnc3c(N4CCOC[C@@H]4C)nc(Cl)nc3n2)cc1. The van der Waals surface area contributed by atoms with E-state index in [0.29, 0.717) is 30.2 Å². The molecule has 0 N–H and O–H groups in total. The Labute approximate surface area is 150 Å². The van der Waals surface area contributed by atoms with Crippen LogP contribution in [0, 0.1) is 6.92 Å². The zero-order chi connectivity index (χ0) is 17.4. The highest BCUT2D eigenvalue weighted by atomic mass is 35.5. The van der Waals surface area contributed by atoms with Gasteiger partial charge in [0.2, 0.25) is 5.28 Å². The van der Waals surface area contributed by atoms with Crippen molar-refractivity contribution >= 4 is 28.6 Å². The smallest absolute Gasteiger partial charge is 0.226 e. The minimum Gasteiger partial charge on any atom is -0.377 e. The van der Waals surface area contributed by atoms with Crippen LogP contribution in [0.25, 0.3) is 22.4 Å². The lowest BCUT2D eigenvalue weighted by Gasteiger charge is -2.34. The number of ether oxygens (including phenoxy) is 1. The summed E-state index contributed by atoms with van der Waals surface area (Å²) in [5.41, 5.74) is 4.13. The van der Waals surface area contributed by atoms with Crippen molar-refractivity contribution in [1.29, 1.82) is 0 Å². The van der Waals surface area contributed by atoms with E-state index in [4.69, 9.17) is 16.3 Å². The lowest BCUT2D eigenvalue weighted by Crippen LogP contribution is -2.44. The van der Waals surface area contributed by atoms with Crippen molar-refractivity contribution in [1.82, 2.24) is 19.9 Å². The van der Waals surface area contributed by atoms with Gasteiger partial charge in [0, 0.05) is 12.1 Å². The average molecular weight is 356 g/mol. The number of morpholine rings is 1. The third kappa shape index (κ3) is 3.15. The fraction of sp³-hybridized carbons (Fsp3) is 0.333. The zero-order valence-electron chi connectivity index (χ0n) is 14.1. The summed E-state index contributed by atoms with van der Waals surface area (Å²) in [5, 5.41) is 0.177. The van der Waals surface area contributed by atoms with Crippen LogP contribution in [0.15, 0.2) is 30.5 Å². The van der Waals surface area contributed by atoms with E-state index in [1.54, 1.807) is 6.20 Å². The van der Waals surface area contributed by atoms with Gasteiger partial charge in [-0.1, -0.05) is 29.8 Å². The predicted octanol–water partition coefficient (Wildman–Crippen LogP) is 3.27. The first-order valence-corrected chi connectivity index (χ1v) is 8.61. The molecule has 4 rings (SSSR count). The van der Waals surface area contributed by atoms with Gasteiger partial charge in [-0.15, -0.1) is 0 Å². The summed E-state index contributed by atoms with van der Waals surface area (Å²) in [6.07, 6.45) is 1.76. The molecule has 0 radical (unpaired) electrons. The fourth-order valence-corrected chi connectivity index (χ4v) is 3.13. The van der Waals surface area contributed by atoms with Crippen LogP contribution in [0.4, 0.5) is 5.82 Å². The van der Waals surface area contributed by atoms with Crippen molar-refractivity contribution in [3.63, 3.8) is 0 Å². The molecule has 1 aliphatic rings. The van der Waals surface area contributed by atoms with E-state index < -0.39 is 0 Å². The minimum absolute atomic E-state index is 0.177. The molecule has 0 aliphatic carbocycles. The van der Waals surface area contributed by atoms with Crippen LogP contribution in [-0.2, 0) is 4.74 Å². The van der Waals surface area contributed by atoms with Crippen molar-refractivity contribution < 1.29 is 4.74 Å². The maximum Gasteiger partial charge on any atom is 0.226 e. The molecule has 6 nitrogen and oxygen atoms in total.